The van der Waals surface area contributed by atoms with Crippen LogP contribution in [0.1, 0.15) is 43.1 Å². The van der Waals surface area contributed by atoms with Crippen molar-refractivity contribution in [2.45, 2.75) is 45.4 Å². The van der Waals surface area contributed by atoms with E-state index in [1.165, 1.54) is 41.6 Å². The molecule has 0 radical (unpaired) electrons. The molecule has 3 nitrogen and oxygen atoms in total. The molecule has 118 valence electrons. The van der Waals surface area contributed by atoms with Gasteiger partial charge < -0.3 is 0 Å². The second kappa shape index (κ2) is 6.08. The van der Waals surface area contributed by atoms with E-state index in [2.05, 4.69) is 57.8 Å². The van der Waals surface area contributed by atoms with Gasteiger partial charge >= 0.3 is 0 Å². The van der Waals surface area contributed by atoms with E-state index in [0.29, 0.717) is 0 Å². The molecular weight excluding hydrogens is 350 g/mol. The molecule has 1 aliphatic carbocycles. The van der Waals surface area contributed by atoms with Gasteiger partial charge in [0.25, 0.3) is 0 Å². The van der Waals surface area contributed by atoms with Crippen molar-refractivity contribution in [3.8, 4) is 11.1 Å². The Hall–Kier alpha value is -1.68. The third-order valence-corrected chi connectivity index (χ3v) is 5.26. The van der Waals surface area contributed by atoms with Gasteiger partial charge in [-0.15, -0.1) is 0 Å². The Kier molecular flexibility index (Phi) is 3.93. The van der Waals surface area contributed by atoms with Crippen LogP contribution in [0.3, 0.4) is 0 Å². The van der Waals surface area contributed by atoms with Gasteiger partial charge in [0.1, 0.15) is 0 Å². The first-order chi connectivity index (χ1) is 11.3. The maximum Gasteiger partial charge on any atom is 0.163 e. The molecule has 2 heterocycles. The van der Waals surface area contributed by atoms with E-state index in [0.717, 1.165) is 35.1 Å². The largest absolute Gasteiger partial charge is 0.236 e. The molecule has 0 unspecified atom stereocenters. The molecule has 23 heavy (non-hydrogen) atoms. The Morgan fingerprint density at radius 3 is 2.65 bits per heavy atom. The Morgan fingerprint density at radius 2 is 1.87 bits per heavy atom. The number of benzene rings is 1. The Bertz CT molecular complexity index is 849. The third-order valence-electron chi connectivity index (χ3n) is 4.73. The van der Waals surface area contributed by atoms with Crippen molar-refractivity contribution in [2.24, 2.45) is 0 Å². The highest BCUT2D eigenvalue weighted by Crippen LogP contribution is 2.31. The molecular formula is C19H20BrN3. The van der Waals surface area contributed by atoms with Crippen molar-refractivity contribution >= 4 is 21.6 Å². The van der Waals surface area contributed by atoms with Crippen LogP contribution in [0.5, 0.6) is 0 Å². The normalized spacial score (nSPS) is 14.7. The lowest BCUT2D eigenvalue weighted by Crippen LogP contribution is -2.04. The van der Waals surface area contributed by atoms with Crippen LogP contribution in [0.15, 0.2) is 34.9 Å². The standard InChI is InChI=1S/C19H20BrN3/c1-2-16-18(13-8-10-15(20)11-9-13)19-21-12-14-6-4-3-5-7-17(14)23(19)22-16/h8-12H,2-7H2,1H3. The van der Waals surface area contributed by atoms with E-state index < -0.39 is 0 Å². The smallest absolute Gasteiger partial charge is 0.163 e. The first-order valence-electron chi connectivity index (χ1n) is 8.42. The lowest BCUT2D eigenvalue weighted by molar-refractivity contribution is 0.700. The SMILES string of the molecule is CCc1nn2c3c(cnc2c1-c1ccc(Br)cc1)CCCCC3. The summed E-state index contributed by atoms with van der Waals surface area (Å²) in [5, 5.41) is 4.93. The molecule has 0 bridgehead atoms. The van der Waals surface area contributed by atoms with E-state index in [9.17, 15) is 0 Å². The molecule has 0 saturated heterocycles. The van der Waals surface area contributed by atoms with Gasteiger partial charge in [0, 0.05) is 21.9 Å². The minimum absolute atomic E-state index is 0.920. The Morgan fingerprint density at radius 1 is 1.09 bits per heavy atom. The van der Waals surface area contributed by atoms with Gasteiger partial charge in [-0.1, -0.05) is 41.4 Å². The minimum Gasteiger partial charge on any atom is -0.236 e. The van der Waals surface area contributed by atoms with Crippen LogP contribution in [-0.2, 0) is 19.3 Å². The zero-order chi connectivity index (χ0) is 15.8. The van der Waals surface area contributed by atoms with Gasteiger partial charge in [-0.2, -0.15) is 5.10 Å². The number of rotatable bonds is 2. The molecule has 4 heteroatoms. The van der Waals surface area contributed by atoms with Crippen molar-refractivity contribution in [3.05, 3.63) is 51.9 Å². The molecule has 0 fully saturated rings. The van der Waals surface area contributed by atoms with Crippen LogP contribution < -0.4 is 0 Å². The summed E-state index contributed by atoms with van der Waals surface area (Å²) < 4.78 is 3.22. The average Bonchev–Trinajstić information content (AvgIpc) is 2.78. The van der Waals surface area contributed by atoms with Gasteiger partial charge in [-0.05, 0) is 55.4 Å². The molecule has 2 aromatic heterocycles. The number of halogens is 1. The summed E-state index contributed by atoms with van der Waals surface area (Å²) >= 11 is 3.52. The minimum atomic E-state index is 0.920. The Balaban J connectivity index is 1.97. The fraction of sp³-hybridized carbons (Fsp3) is 0.368. The van der Waals surface area contributed by atoms with Crippen molar-refractivity contribution in [3.63, 3.8) is 0 Å². The molecule has 0 saturated carbocycles. The second-order valence-electron chi connectivity index (χ2n) is 6.21. The highest BCUT2D eigenvalue weighted by Gasteiger charge is 2.19. The van der Waals surface area contributed by atoms with Crippen molar-refractivity contribution < 1.29 is 0 Å². The van der Waals surface area contributed by atoms with Crippen LogP contribution in [0.2, 0.25) is 0 Å². The zero-order valence-electron chi connectivity index (χ0n) is 13.3. The van der Waals surface area contributed by atoms with Crippen LogP contribution in [0.25, 0.3) is 16.8 Å². The van der Waals surface area contributed by atoms with E-state index >= 15 is 0 Å². The maximum absolute atomic E-state index is 4.93. The monoisotopic (exact) mass is 369 g/mol. The molecule has 0 N–H and O–H groups in total. The molecule has 1 aromatic carbocycles. The predicted molar refractivity (Wildman–Crippen MR) is 96.8 cm³/mol. The van der Waals surface area contributed by atoms with E-state index in [-0.39, 0.29) is 0 Å². The van der Waals surface area contributed by atoms with Crippen molar-refractivity contribution in [1.82, 2.24) is 14.6 Å². The Labute approximate surface area is 144 Å². The summed E-state index contributed by atoms with van der Waals surface area (Å²) in [5.74, 6) is 0. The summed E-state index contributed by atoms with van der Waals surface area (Å²) in [6.07, 6.45) is 9.07. The highest BCUT2D eigenvalue weighted by atomic mass is 79.9. The summed E-state index contributed by atoms with van der Waals surface area (Å²) in [5.41, 5.74) is 7.27. The molecule has 3 aromatic rings. The highest BCUT2D eigenvalue weighted by molar-refractivity contribution is 9.10. The lowest BCUT2D eigenvalue weighted by Gasteiger charge is -2.08. The zero-order valence-corrected chi connectivity index (χ0v) is 14.9. The van der Waals surface area contributed by atoms with E-state index in [4.69, 9.17) is 10.1 Å². The summed E-state index contributed by atoms with van der Waals surface area (Å²) in [4.78, 5) is 4.79. The number of aryl methyl sites for hydroxylation is 3. The first kappa shape index (κ1) is 14.9. The molecule has 0 atom stereocenters. The van der Waals surface area contributed by atoms with Crippen LogP contribution in [0.4, 0.5) is 0 Å². The van der Waals surface area contributed by atoms with Gasteiger partial charge in [0.2, 0.25) is 0 Å². The number of nitrogens with zero attached hydrogens (tertiary/aromatic N) is 3. The molecule has 0 amide bonds. The quantitative estimate of drug-likeness (QED) is 0.595. The fourth-order valence-corrected chi connectivity index (χ4v) is 3.79. The van der Waals surface area contributed by atoms with Gasteiger partial charge in [-0.25, -0.2) is 9.50 Å². The van der Waals surface area contributed by atoms with Gasteiger partial charge in [-0.3, -0.25) is 0 Å². The predicted octanol–water partition coefficient (Wildman–Crippen LogP) is 4.99. The van der Waals surface area contributed by atoms with Crippen LogP contribution in [-0.4, -0.2) is 14.6 Å². The first-order valence-corrected chi connectivity index (χ1v) is 9.21. The number of hydrogen-bond donors (Lipinski definition) is 0. The van der Waals surface area contributed by atoms with Crippen molar-refractivity contribution in [2.75, 3.05) is 0 Å². The molecule has 0 spiro atoms. The summed E-state index contributed by atoms with van der Waals surface area (Å²) in [7, 11) is 0. The lowest BCUT2D eigenvalue weighted by atomic mass is 10.0. The van der Waals surface area contributed by atoms with Crippen LogP contribution >= 0.6 is 15.9 Å². The topological polar surface area (TPSA) is 30.2 Å². The second-order valence-corrected chi connectivity index (χ2v) is 7.12. The molecule has 4 rings (SSSR count). The summed E-state index contributed by atoms with van der Waals surface area (Å²) in [6, 6.07) is 8.46. The van der Waals surface area contributed by atoms with Gasteiger partial charge in [0.15, 0.2) is 5.65 Å². The maximum atomic E-state index is 4.93. The number of hydrogen-bond acceptors (Lipinski definition) is 2. The molecule has 1 aliphatic rings. The average molecular weight is 370 g/mol. The van der Waals surface area contributed by atoms with Crippen LogP contribution in [0, 0.1) is 0 Å². The molecule has 0 aliphatic heterocycles. The van der Waals surface area contributed by atoms with Gasteiger partial charge in [0.05, 0.1) is 5.69 Å². The van der Waals surface area contributed by atoms with E-state index in [1.807, 2.05) is 0 Å². The van der Waals surface area contributed by atoms with Crippen molar-refractivity contribution in [1.29, 1.82) is 0 Å². The third kappa shape index (κ3) is 2.59. The number of fused-ring (bicyclic) bond motifs is 3. The fourth-order valence-electron chi connectivity index (χ4n) is 3.53. The van der Waals surface area contributed by atoms with E-state index in [1.54, 1.807) is 0 Å². The number of aromatic nitrogens is 3. The summed E-state index contributed by atoms with van der Waals surface area (Å²) in [6.45, 7) is 2.17.